The number of aliphatic hydroxyl groups is 2. The van der Waals surface area contributed by atoms with Crippen LogP contribution in [0.2, 0.25) is 0 Å². The summed E-state index contributed by atoms with van der Waals surface area (Å²) < 4.78 is 0. The Morgan fingerprint density at radius 1 is 1.47 bits per heavy atom. The molecule has 0 fully saturated rings. The third-order valence-electron chi connectivity index (χ3n) is 3.48. The van der Waals surface area contributed by atoms with Gasteiger partial charge in [0.25, 0.3) is 0 Å². The number of aliphatic hydroxyl groups excluding tert-OH is 1. The smallest absolute Gasteiger partial charge is 0.0981 e. The van der Waals surface area contributed by atoms with E-state index < -0.39 is 5.60 Å². The van der Waals surface area contributed by atoms with Crippen molar-refractivity contribution in [3.05, 3.63) is 36.0 Å². The molecule has 0 amide bonds. The van der Waals surface area contributed by atoms with E-state index in [4.69, 9.17) is 0 Å². The molecule has 0 saturated carbocycles. The van der Waals surface area contributed by atoms with Crippen molar-refractivity contribution < 1.29 is 10.2 Å². The molecule has 1 aliphatic rings. The van der Waals surface area contributed by atoms with E-state index in [0.29, 0.717) is 0 Å². The molecular weight excluding hydrogens is 212 g/mol. The third-order valence-corrected chi connectivity index (χ3v) is 3.48. The molecule has 0 saturated heterocycles. The van der Waals surface area contributed by atoms with Gasteiger partial charge < -0.3 is 10.2 Å². The fourth-order valence-corrected chi connectivity index (χ4v) is 2.50. The Kier molecular flexibility index (Phi) is 4.00. The maximum atomic E-state index is 9.89. The Morgan fingerprint density at radius 3 is 2.53 bits per heavy atom. The molecular formula is C15H24O2. The summed E-state index contributed by atoms with van der Waals surface area (Å²) in [6.45, 7) is 11.6. The summed E-state index contributed by atoms with van der Waals surface area (Å²) in [5, 5.41) is 19.7. The van der Waals surface area contributed by atoms with Crippen LogP contribution < -0.4 is 0 Å². The lowest BCUT2D eigenvalue weighted by Gasteiger charge is -2.36. The lowest BCUT2D eigenvalue weighted by Crippen LogP contribution is -2.28. The van der Waals surface area contributed by atoms with Crippen LogP contribution in [0.15, 0.2) is 36.0 Å². The van der Waals surface area contributed by atoms with E-state index in [1.54, 1.807) is 13.0 Å². The van der Waals surface area contributed by atoms with Crippen LogP contribution in [0.1, 0.15) is 40.5 Å². The molecule has 2 nitrogen and oxygen atoms in total. The van der Waals surface area contributed by atoms with Crippen LogP contribution in [0.25, 0.3) is 0 Å². The van der Waals surface area contributed by atoms with Gasteiger partial charge in [-0.25, -0.2) is 0 Å². The first-order chi connectivity index (χ1) is 7.68. The second-order valence-electron chi connectivity index (χ2n) is 5.90. The van der Waals surface area contributed by atoms with Crippen molar-refractivity contribution in [3.63, 3.8) is 0 Å². The Balaban J connectivity index is 3.03. The van der Waals surface area contributed by atoms with Gasteiger partial charge in [0.1, 0.15) is 0 Å². The number of hydrogen-bond acceptors (Lipinski definition) is 2. The van der Waals surface area contributed by atoms with Gasteiger partial charge in [0.15, 0.2) is 0 Å². The average Bonchev–Trinajstić information content (AvgIpc) is 2.14. The minimum absolute atomic E-state index is 0.0461. The maximum absolute atomic E-state index is 9.89. The van der Waals surface area contributed by atoms with Gasteiger partial charge in [-0.1, -0.05) is 38.2 Å². The fourth-order valence-electron chi connectivity index (χ4n) is 2.50. The second-order valence-corrected chi connectivity index (χ2v) is 5.90. The summed E-state index contributed by atoms with van der Waals surface area (Å²) in [7, 11) is 0. The van der Waals surface area contributed by atoms with Crippen molar-refractivity contribution in [1.29, 1.82) is 0 Å². The van der Waals surface area contributed by atoms with Crippen LogP contribution in [-0.2, 0) is 0 Å². The molecule has 0 heterocycles. The number of allylic oxidation sites excluding steroid dienone is 2. The van der Waals surface area contributed by atoms with Gasteiger partial charge in [0.05, 0.1) is 11.7 Å². The molecule has 96 valence electrons. The predicted octanol–water partition coefficient (Wildman–Crippen LogP) is 2.98. The average molecular weight is 236 g/mol. The first-order valence-corrected chi connectivity index (χ1v) is 6.11. The lowest BCUT2D eigenvalue weighted by molar-refractivity contribution is 0.116. The zero-order chi connectivity index (χ0) is 13.3. The molecule has 2 heteroatoms. The lowest BCUT2D eigenvalue weighted by atomic mass is 9.71. The van der Waals surface area contributed by atoms with Crippen LogP contribution in [0, 0.1) is 5.41 Å². The summed E-state index contributed by atoms with van der Waals surface area (Å²) >= 11 is 0. The minimum atomic E-state index is -0.973. The zero-order valence-corrected chi connectivity index (χ0v) is 11.3. The van der Waals surface area contributed by atoms with Gasteiger partial charge in [-0.2, -0.15) is 0 Å². The summed E-state index contributed by atoms with van der Waals surface area (Å²) in [6, 6.07) is 0. The monoisotopic (exact) mass is 236 g/mol. The molecule has 2 N–H and O–H groups in total. The molecule has 0 spiro atoms. The number of rotatable bonds is 3. The van der Waals surface area contributed by atoms with E-state index >= 15 is 0 Å². The molecule has 0 aliphatic heterocycles. The highest BCUT2D eigenvalue weighted by molar-refractivity contribution is 5.35. The Bertz CT molecular complexity index is 359. The summed E-state index contributed by atoms with van der Waals surface area (Å²) in [5.41, 5.74) is 1.39. The highest BCUT2D eigenvalue weighted by Crippen LogP contribution is 2.41. The van der Waals surface area contributed by atoms with Crippen molar-refractivity contribution in [1.82, 2.24) is 0 Å². The van der Waals surface area contributed by atoms with Crippen LogP contribution in [0.3, 0.4) is 0 Å². The van der Waals surface area contributed by atoms with Crippen LogP contribution >= 0.6 is 0 Å². The second kappa shape index (κ2) is 4.79. The molecule has 1 unspecified atom stereocenters. The summed E-state index contributed by atoms with van der Waals surface area (Å²) in [4.78, 5) is 0. The van der Waals surface area contributed by atoms with Crippen molar-refractivity contribution >= 4 is 0 Å². The van der Waals surface area contributed by atoms with Crippen molar-refractivity contribution in [3.8, 4) is 0 Å². The molecule has 0 aromatic carbocycles. The van der Waals surface area contributed by atoms with Crippen LogP contribution in [0.4, 0.5) is 0 Å². The standard InChI is InChI=1S/C15H24O2/c1-6-15(5,17)8-7-13-11(2)9-12(16)10-14(13,3)4/h6-8,12,16-17H,1,9-10H2,2-5H3/t12-,15?/m0/s1. The molecule has 17 heavy (non-hydrogen) atoms. The van der Waals surface area contributed by atoms with Crippen molar-refractivity contribution in [2.75, 3.05) is 0 Å². The number of hydrogen-bond donors (Lipinski definition) is 2. The van der Waals surface area contributed by atoms with Gasteiger partial charge in [-0.3, -0.25) is 0 Å². The first-order valence-electron chi connectivity index (χ1n) is 6.11. The highest BCUT2D eigenvalue weighted by atomic mass is 16.3. The van der Waals surface area contributed by atoms with Crippen LogP contribution in [0.5, 0.6) is 0 Å². The predicted molar refractivity (Wildman–Crippen MR) is 71.7 cm³/mol. The minimum Gasteiger partial charge on any atom is -0.393 e. The molecule has 1 rings (SSSR count). The molecule has 0 bridgehead atoms. The molecule has 1 aliphatic carbocycles. The van der Waals surface area contributed by atoms with Crippen molar-refractivity contribution in [2.24, 2.45) is 5.41 Å². The Morgan fingerprint density at radius 2 is 2.06 bits per heavy atom. The highest BCUT2D eigenvalue weighted by Gasteiger charge is 2.31. The molecule has 2 atom stereocenters. The maximum Gasteiger partial charge on any atom is 0.0981 e. The Hall–Kier alpha value is -0.860. The molecule has 0 aromatic heterocycles. The summed E-state index contributed by atoms with van der Waals surface area (Å²) in [5.74, 6) is 0. The van der Waals surface area contributed by atoms with Crippen molar-refractivity contribution in [2.45, 2.75) is 52.2 Å². The topological polar surface area (TPSA) is 40.5 Å². The van der Waals surface area contributed by atoms with Gasteiger partial charge in [-0.15, -0.1) is 0 Å². The summed E-state index contributed by atoms with van der Waals surface area (Å²) in [6.07, 6.45) is 6.49. The third kappa shape index (κ3) is 3.55. The fraction of sp³-hybridized carbons (Fsp3) is 0.600. The van der Waals surface area contributed by atoms with E-state index in [-0.39, 0.29) is 11.5 Å². The van der Waals surface area contributed by atoms with E-state index in [2.05, 4.69) is 20.4 Å². The van der Waals surface area contributed by atoms with Gasteiger partial charge in [0.2, 0.25) is 0 Å². The first kappa shape index (κ1) is 14.2. The molecule has 0 aromatic rings. The van der Waals surface area contributed by atoms with Crippen LogP contribution in [-0.4, -0.2) is 21.9 Å². The van der Waals surface area contributed by atoms with E-state index in [1.165, 1.54) is 17.2 Å². The van der Waals surface area contributed by atoms with Gasteiger partial charge in [-0.05, 0) is 43.8 Å². The Labute approximate surface area is 104 Å². The van der Waals surface area contributed by atoms with Gasteiger partial charge >= 0.3 is 0 Å². The largest absolute Gasteiger partial charge is 0.393 e. The van der Waals surface area contributed by atoms with E-state index in [0.717, 1.165) is 12.8 Å². The quantitative estimate of drug-likeness (QED) is 0.740. The zero-order valence-electron chi connectivity index (χ0n) is 11.3. The molecule has 0 radical (unpaired) electrons. The van der Waals surface area contributed by atoms with E-state index in [1.807, 2.05) is 13.0 Å². The SMILES string of the molecule is C=CC(C)(O)C=CC1=C(C)C[C@H](O)CC1(C)C. The van der Waals surface area contributed by atoms with E-state index in [9.17, 15) is 10.2 Å². The van der Waals surface area contributed by atoms with Gasteiger partial charge in [0, 0.05) is 0 Å². The normalized spacial score (nSPS) is 28.2.